The summed E-state index contributed by atoms with van der Waals surface area (Å²) in [5, 5.41) is 2.77. The van der Waals surface area contributed by atoms with Crippen LogP contribution in [0.5, 0.6) is 11.5 Å². The van der Waals surface area contributed by atoms with Crippen LogP contribution in [0.4, 0.5) is 5.69 Å². The number of para-hydroxylation sites is 1. The van der Waals surface area contributed by atoms with Crippen molar-refractivity contribution in [2.75, 3.05) is 18.5 Å². The van der Waals surface area contributed by atoms with Crippen molar-refractivity contribution in [1.82, 2.24) is 0 Å². The van der Waals surface area contributed by atoms with Crippen LogP contribution < -0.4 is 14.8 Å². The molecule has 1 N–H and O–H groups in total. The normalized spacial score (nSPS) is 10.0. The number of hydrogen-bond acceptors (Lipinski definition) is 3. The quantitative estimate of drug-likeness (QED) is 0.861. The van der Waals surface area contributed by atoms with E-state index in [1.807, 2.05) is 37.3 Å². The molecule has 0 saturated heterocycles. The van der Waals surface area contributed by atoms with E-state index in [2.05, 4.69) is 21.2 Å². The third kappa shape index (κ3) is 4.79. The first-order valence-corrected chi connectivity index (χ1v) is 7.38. The average molecular weight is 350 g/mol. The summed E-state index contributed by atoms with van der Waals surface area (Å²) in [6, 6.07) is 14.6. The molecule has 5 heteroatoms. The van der Waals surface area contributed by atoms with Crippen LogP contribution in [0.2, 0.25) is 0 Å². The van der Waals surface area contributed by atoms with Crippen LogP contribution in [0.25, 0.3) is 0 Å². The number of amides is 1. The summed E-state index contributed by atoms with van der Waals surface area (Å²) in [7, 11) is 0. The molecule has 2 aromatic rings. The van der Waals surface area contributed by atoms with Gasteiger partial charge in [-0.25, -0.2) is 0 Å². The third-order valence-corrected chi connectivity index (χ3v) is 3.30. The molecule has 0 aliphatic rings. The fraction of sp³-hybridized carbons (Fsp3) is 0.188. The van der Waals surface area contributed by atoms with E-state index >= 15 is 0 Å². The highest BCUT2D eigenvalue weighted by Gasteiger charge is 2.05. The number of hydrogen-bond donors (Lipinski definition) is 1. The summed E-state index contributed by atoms with van der Waals surface area (Å²) in [4.78, 5) is 11.8. The van der Waals surface area contributed by atoms with Gasteiger partial charge in [0.15, 0.2) is 6.61 Å². The van der Waals surface area contributed by atoms with Gasteiger partial charge in [-0.15, -0.1) is 0 Å². The number of carbonyl (C=O) groups excluding carboxylic acids is 1. The second-order valence-electron chi connectivity index (χ2n) is 4.22. The first-order valence-electron chi connectivity index (χ1n) is 6.59. The Hall–Kier alpha value is -2.01. The Morgan fingerprint density at radius 1 is 1.10 bits per heavy atom. The van der Waals surface area contributed by atoms with E-state index < -0.39 is 0 Å². The summed E-state index contributed by atoms with van der Waals surface area (Å²) >= 11 is 3.37. The minimum atomic E-state index is -0.213. The lowest BCUT2D eigenvalue weighted by atomic mass is 10.3. The predicted octanol–water partition coefficient (Wildman–Crippen LogP) is 3.87. The zero-order valence-electron chi connectivity index (χ0n) is 11.6. The molecule has 2 aromatic carbocycles. The van der Waals surface area contributed by atoms with E-state index in [-0.39, 0.29) is 12.5 Å². The maximum absolute atomic E-state index is 11.8. The first-order chi connectivity index (χ1) is 10.2. The van der Waals surface area contributed by atoms with E-state index in [0.717, 1.165) is 10.2 Å². The molecule has 0 fully saturated rings. The summed E-state index contributed by atoms with van der Waals surface area (Å²) in [6.07, 6.45) is 0. The molecule has 0 heterocycles. The van der Waals surface area contributed by atoms with Gasteiger partial charge in [0.05, 0.1) is 11.1 Å². The fourth-order valence-corrected chi connectivity index (χ4v) is 2.10. The van der Waals surface area contributed by atoms with Gasteiger partial charge in [0.2, 0.25) is 0 Å². The first kappa shape index (κ1) is 15.4. The second-order valence-corrected chi connectivity index (χ2v) is 5.08. The topological polar surface area (TPSA) is 47.6 Å². The smallest absolute Gasteiger partial charge is 0.262 e. The van der Waals surface area contributed by atoms with Gasteiger partial charge >= 0.3 is 0 Å². The maximum Gasteiger partial charge on any atom is 0.262 e. The van der Waals surface area contributed by atoms with Gasteiger partial charge in [0, 0.05) is 5.69 Å². The minimum Gasteiger partial charge on any atom is -0.494 e. The summed E-state index contributed by atoms with van der Waals surface area (Å²) in [5.41, 5.74) is 0.708. The van der Waals surface area contributed by atoms with Crippen molar-refractivity contribution in [2.24, 2.45) is 0 Å². The van der Waals surface area contributed by atoms with Crippen molar-refractivity contribution in [2.45, 2.75) is 6.92 Å². The molecular weight excluding hydrogens is 334 g/mol. The zero-order valence-corrected chi connectivity index (χ0v) is 13.2. The van der Waals surface area contributed by atoms with E-state index in [1.165, 1.54) is 0 Å². The highest BCUT2D eigenvalue weighted by Crippen LogP contribution is 2.23. The second kappa shape index (κ2) is 7.69. The van der Waals surface area contributed by atoms with E-state index in [1.54, 1.807) is 18.2 Å². The van der Waals surface area contributed by atoms with Gasteiger partial charge in [-0.2, -0.15) is 0 Å². The van der Waals surface area contributed by atoms with E-state index in [4.69, 9.17) is 9.47 Å². The van der Waals surface area contributed by atoms with Crippen LogP contribution in [0.3, 0.4) is 0 Å². The van der Waals surface area contributed by atoms with Crippen LogP contribution in [0.1, 0.15) is 6.92 Å². The van der Waals surface area contributed by atoms with Crippen LogP contribution in [0, 0.1) is 0 Å². The Balaban J connectivity index is 1.85. The Kier molecular flexibility index (Phi) is 5.63. The lowest BCUT2D eigenvalue weighted by Crippen LogP contribution is -2.20. The SMILES string of the molecule is CCOc1ccc(NC(=O)COc2ccccc2Br)cc1. The molecule has 110 valence electrons. The molecule has 0 atom stereocenters. The number of nitrogens with one attached hydrogen (secondary N) is 1. The largest absolute Gasteiger partial charge is 0.494 e. The maximum atomic E-state index is 11.8. The minimum absolute atomic E-state index is 0.0458. The molecule has 0 radical (unpaired) electrons. The Morgan fingerprint density at radius 3 is 2.48 bits per heavy atom. The highest BCUT2D eigenvalue weighted by atomic mass is 79.9. The number of carbonyl (C=O) groups is 1. The van der Waals surface area contributed by atoms with Crippen molar-refractivity contribution in [3.8, 4) is 11.5 Å². The molecule has 1 amide bonds. The van der Waals surface area contributed by atoms with Gasteiger partial charge in [0.1, 0.15) is 11.5 Å². The van der Waals surface area contributed by atoms with E-state index in [0.29, 0.717) is 18.0 Å². The van der Waals surface area contributed by atoms with Gasteiger partial charge in [-0.3, -0.25) is 4.79 Å². The number of halogens is 1. The molecule has 4 nitrogen and oxygen atoms in total. The van der Waals surface area contributed by atoms with Crippen molar-refractivity contribution in [3.05, 3.63) is 53.0 Å². The lowest BCUT2D eigenvalue weighted by molar-refractivity contribution is -0.118. The van der Waals surface area contributed by atoms with Gasteiger partial charge in [-0.1, -0.05) is 12.1 Å². The van der Waals surface area contributed by atoms with E-state index in [9.17, 15) is 4.79 Å². The molecule has 0 saturated carbocycles. The van der Waals surface area contributed by atoms with Gasteiger partial charge < -0.3 is 14.8 Å². The van der Waals surface area contributed by atoms with Crippen LogP contribution in [-0.2, 0) is 4.79 Å². The Morgan fingerprint density at radius 2 is 1.81 bits per heavy atom. The molecular formula is C16H16BrNO3. The third-order valence-electron chi connectivity index (χ3n) is 2.64. The Bertz CT molecular complexity index is 599. The Labute approximate surface area is 132 Å². The summed E-state index contributed by atoms with van der Waals surface area (Å²) in [5.74, 6) is 1.20. The number of anilines is 1. The van der Waals surface area contributed by atoms with Crippen LogP contribution >= 0.6 is 15.9 Å². The van der Waals surface area contributed by atoms with Gasteiger partial charge in [0.25, 0.3) is 5.91 Å². The molecule has 0 unspecified atom stereocenters. The number of benzene rings is 2. The molecule has 0 aromatic heterocycles. The monoisotopic (exact) mass is 349 g/mol. The highest BCUT2D eigenvalue weighted by molar-refractivity contribution is 9.10. The van der Waals surface area contributed by atoms with Crippen LogP contribution in [-0.4, -0.2) is 19.1 Å². The van der Waals surface area contributed by atoms with Crippen molar-refractivity contribution in [3.63, 3.8) is 0 Å². The average Bonchev–Trinajstić information content (AvgIpc) is 2.49. The molecule has 0 aliphatic heterocycles. The zero-order chi connectivity index (χ0) is 15.1. The standard InChI is InChI=1S/C16H16BrNO3/c1-2-20-13-9-7-12(8-10-13)18-16(19)11-21-15-6-4-3-5-14(15)17/h3-10H,2,11H2,1H3,(H,18,19). The molecule has 0 spiro atoms. The molecule has 0 aliphatic carbocycles. The van der Waals surface area contributed by atoms with Gasteiger partial charge in [-0.05, 0) is 59.3 Å². The fourth-order valence-electron chi connectivity index (χ4n) is 1.70. The molecule has 21 heavy (non-hydrogen) atoms. The van der Waals surface area contributed by atoms with Crippen molar-refractivity contribution in [1.29, 1.82) is 0 Å². The van der Waals surface area contributed by atoms with Crippen molar-refractivity contribution < 1.29 is 14.3 Å². The molecule has 0 bridgehead atoms. The lowest BCUT2D eigenvalue weighted by Gasteiger charge is -2.09. The van der Waals surface area contributed by atoms with Crippen LogP contribution in [0.15, 0.2) is 53.0 Å². The molecule has 2 rings (SSSR count). The number of ether oxygens (including phenoxy) is 2. The van der Waals surface area contributed by atoms with Crippen molar-refractivity contribution >= 4 is 27.5 Å². The summed E-state index contributed by atoms with van der Waals surface area (Å²) in [6.45, 7) is 2.50. The summed E-state index contributed by atoms with van der Waals surface area (Å²) < 4.78 is 11.6. The number of rotatable bonds is 6. The predicted molar refractivity (Wildman–Crippen MR) is 85.9 cm³/mol.